The number of carbonyl (C=O) groups excluding carboxylic acids is 2. The van der Waals surface area contributed by atoms with Crippen molar-refractivity contribution in [3.8, 4) is 0 Å². The highest BCUT2D eigenvalue weighted by Gasteiger charge is 2.21. The van der Waals surface area contributed by atoms with Gasteiger partial charge in [0.25, 0.3) is 5.91 Å². The van der Waals surface area contributed by atoms with Crippen molar-refractivity contribution in [3.05, 3.63) is 52.4 Å². The fraction of sp³-hybridized carbons (Fsp3) is 0.200. The third kappa shape index (κ3) is 3.95. The minimum absolute atomic E-state index is 0.317. The van der Waals surface area contributed by atoms with Crippen molar-refractivity contribution in [3.63, 3.8) is 0 Å². The molecule has 0 unspecified atom stereocenters. The zero-order valence-electron chi connectivity index (χ0n) is 11.6. The second-order valence-electron chi connectivity index (χ2n) is 4.44. The number of ether oxygens (including phenoxy) is 1. The highest BCUT2D eigenvalue weighted by Crippen LogP contribution is 2.16. The van der Waals surface area contributed by atoms with Gasteiger partial charge in [0.05, 0.1) is 6.26 Å². The molecular weight excluding hydrogens is 338 g/mol. The number of esters is 1. The van der Waals surface area contributed by atoms with Crippen molar-refractivity contribution < 1.29 is 18.7 Å². The summed E-state index contributed by atoms with van der Waals surface area (Å²) in [5.74, 6) is -0.527. The Morgan fingerprint density at radius 1 is 1.33 bits per heavy atom. The Hall–Kier alpha value is -2.08. The van der Waals surface area contributed by atoms with E-state index in [0.29, 0.717) is 17.0 Å². The number of carbonyl (C=O) groups is 2. The first-order chi connectivity index (χ1) is 9.97. The topological polar surface area (TPSA) is 68.5 Å². The van der Waals surface area contributed by atoms with Gasteiger partial charge in [-0.25, -0.2) is 4.79 Å². The van der Waals surface area contributed by atoms with E-state index in [2.05, 4.69) is 21.2 Å². The number of furan rings is 1. The molecule has 1 N–H and O–H groups in total. The van der Waals surface area contributed by atoms with Gasteiger partial charge in [-0.2, -0.15) is 0 Å². The minimum atomic E-state index is -0.911. The van der Waals surface area contributed by atoms with Crippen LogP contribution in [-0.4, -0.2) is 18.0 Å². The molecule has 0 aliphatic rings. The molecule has 6 heteroatoms. The maximum atomic E-state index is 12.0. The van der Waals surface area contributed by atoms with E-state index in [4.69, 9.17) is 9.15 Å². The molecule has 2 rings (SSSR count). The number of halogens is 1. The van der Waals surface area contributed by atoms with Crippen LogP contribution in [0, 0.1) is 6.92 Å². The number of hydrogen-bond donors (Lipinski definition) is 1. The van der Waals surface area contributed by atoms with Crippen LogP contribution in [0.3, 0.4) is 0 Å². The van der Waals surface area contributed by atoms with Crippen LogP contribution in [-0.2, 0) is 9.53 Å². The summed E-state index contributed by atoms with van der Waals surface area (Å²) in [6.45, 7) is 3.17. The number of hydrogen-bond acceptors (Lipinski definition) is 4. The van der Waals surface area contributed by atoms with Crippen LogP contribution in [0.5, 0.6) is 0 Å². The highest BCUT2D eigenvalue weighted by atomic mass is 79.9. The van der Waals surface area contributed by atoms with Gasteiger partial charge in [-0.3, -0.25) is 4.79 Å². The fourth-order valence-electron chi connectivity index (χ4n) is 1.68. The molecule has 0 saturated carbocycles. The average Bonchev–Trinajstić information content (AvgIpc) is 2.85. The van der Waals surface area contributed by atoms with E-state index < -0.39 is 18.0 Å². The third-order valence-electron chi connectivity index (χ3n) is 2.82. The first-order valence-corrected chi connectivity index (χ1v) is 7.08. The zero-order valence-corrected chi connectivity index (χ0v) is 13.1. The van der Waals surface area contributed by atoms with Crippen LogP contribution in [0.15, 0.2) is 45.5 Å². The summed E-state index contributed by atoms with van der Waals surface area (Å²) in [4.78, 5) is 23.9. The number of rotatable bonds is 4. The molecule has 0 aliphatic heterocycles. The monoisotopic (exact) mass is 351 g/mol. The summed E-state index contributed by atoms with van der Waals surface area (Å²) in [6.07, 6.45) is 0.490. The lowest BCUT2D eigenvalue weighted by Crippen LogP contribution is -2.30. The lowest BCUT2D eigenvalue weighted by molar-refractivity contribution is -0.123. The Balaban J connectivity index is 1.97. The lowest BCUT2D eigenvalue weighted by atomic mass is 10.2. The van der Waals surface area contributed by atoms with Crippen molar-refractivity contribution in [1.29, 1.82) is 0 Å². The Morgan fingerprint density at radius 2 is 2.10 bits per heavy atom. The zero-order chi connectivity index (χ0) is 15.4. The first-order valence-electron chi connectivity index (χ1n) is 6.29. The molecule has 0 saturated heterocycles. The largest absolute Gasteiger partial charge is 0.469 e. The predicted molar refractivity (Wildman–Crippen MR) is 81.1 cm³/mol. The van der Waals surface area contributed by atoms with Gasteiger partial charge < -0.3 is 14.5 Å². The van der Waals surface area contributed by atoms with Gasteiger partial charge in [-0.15, -0.1) is 0 Å². The molecule has 0 fully saturated rings. The van der Waals surface area contributed by atoms with Crippen molar-refractivity contribution in [2.75, 3.05) is 5.32 Å². The normalized spacial score (nSPS) is 11.8. The number of amides is 1. The van der Waals surface area contributed by atoms with E-state index in [-0.39, 0.29) is 0 Å². The second kappa shape index (κ2) is 6.58. The molecule has 110 valence electrons. The van der Waals surface area contributed by atoms with Crippen molar-refractivity contribution >= 4 is 33.5 Å². The minimum Gasteiger partial charge on any atom is -0.469 e. The summed E-state index contributed by atoms with van der Waals surface area (Å²) in [7, 11) is 0. The molecule has 2 aromatic rings. The fourth-order valence-corrected chi connectivity index (χ4v) is 2.08. The standard InChI is InChI=1S/C15H14BrNO4/c1-9-13(6-7-20-9)15(19)21-10(2)14(18)17-12-5-3-4-11(16)8-12/h3-8,10H,1-2H3,(H,17,18)/t10-/m0/s1. The summed E-state index contributed by atoms with van der Waals surface area (Å²) in [5.41, 5.74) is 0.939. The van der Waals surface area contributed by atoms with E-state index in [1.165, 1.54) is 19.3 Å². The molecule has 5 nitrogen and oxygen atoms in total. The van der Waals surface area contributed by atoms with Gasteiger partial charge in [0, 0.05) is 10.2 Å². The molecule has 0 aliphatic carbocycles. The number of nitrogens with one attached hydrogen (secondary N) is 1. The van der Waals surface area contributed by atoms with E-state index in [1.54, 1.807) is 25.1 Å². The van der Waals surface area contributed by atoms with Crippen LogP contribution >= 0.6 is 15.9 Å². The van der Waals surface area contributed by atoms with Gasteiger partial charge in [0.2, 0.25) is 0 Å². The Bertz CT molecular complexity index is 665. The van der Waals surface area contributed by atoms with Gasteiger partial charge in [-0.1, -0.05) is 22.0 Å². The average molecular weight is 352 g/mol. The summed E-state index contributed by atoms with van der Waals surface area (Å²) in [6, 6.07) is 8.66. The van der Waals surface area contributed by atoms with Crippen molar-refractivity contribution in [2.24, 2.45) is 0 Å². The molecule has 0 spiro atoms. The van der Waals surface area contributed by atoms with E-state index in [9.17, 15) is 9.59 Å². The molecule has 1 heterocycles. The van der Waals surface area contributed by atoms with Gasteiger partial charge >= 0.3 is 5.97 Å². The smallest absolute Gasteiger partial charge is 0.342 e. The Kier molecular flexibility index (Phi) is 4.80. The summed E-state index contributed by atoms with van der Waals surface area (Å²) < 4.78 is 11.0. The van der Waals surface area contributed by atoms with Crippen LogP contribution < -0.4 is 5.32 Å². The van der Waals surface area contributed by atoms with Gasteiger partial charge in [-0.05, 0) is 38.1 Å². The van der Waals surface area contributed by atoms with E-state index >= 15 is 0 Å². The van der Waals surface area contributed by atoms with Crippen LogP contribution in [0.2, 0.25) is 0 Å². The molecule has 21 heavy (non-hydrogen) atoms. The Morgan fingerprint density at radius 3 is 2.71 bits per heavy atom. The van der Waals surface area contributed by atoms with Crippen molar-refractivity contribution in [2.45, 2.75) is 20.0 Å². The quantitative estimate of drug-likeness (QED) is 0.855. The first kappa shape index (κ1) is 15.3. The molecule has 1 aromatic heterocycles. The van der Waals surface area contributed by atoms with Gasteiger partial charge in [0.15, 0.2) is 6.10 Å². The van der Waals surface area contributed by atoms with Crippen molar-refractivity contribution in [1.82, 2.24) is 0 Å². The molecule has 1 aromatic carbocycles. The maximum Gasteiger partial charge on any atom is 0.342 e. The van der Waals surface area contributed by atoms with E-state index in [1.807, 2.05) is 6.07 Å². The van der Waals surface area contributed by atoms with Crippen LogP contribution in [0.1, 0.15) is 23.0 Å². The molecular formula is C15H14BrNO4. The summed E-state index contributed by atoms with van der Waals surface area (Å²) >= 11 is 3.32. The molecule has 1 atom stereocenters. The second-order valence-corrected chi connectivity index (χ2v) is 5.35. The Labute approximate surface area is 130 Å². The van der Waals surface area contributed by atoms with E-state index in [0.717, 1.165) is 4.47 Å². The predicted octanol–water partition coefficient (Wildman–Crippen LogP) is 3.53. The SMILES string of the molecule is Cc1occc1C(=O)O[C@@H](C)C(=O)Nc1cccc(Br)c1. The van der Waals surface area contributed by atoms with Crippen LogP contribution in [0.25, 0.3) is 0 Å². The number of aryl methyl sites for hydroxylation is 1. The molecule has 1 amide bonds. The third-order valence-corrected chi connectivity index (χ3v) is 3.32. The van der Waals surface area contributed by atoms with Crippen LogP contribution in [0.4, 0.5) is 5.69 Å². The lowest BCUT2D eigenvalue weighted by Gasteiger charge is -2.13. The molecule has 0 bridgehead atoms. The molecule has 0 radical (unpaired) electrons. The van der Waals surface area contributed by atoms with Gasteiger partial charge in [0.1, 0.15) is 11.3 Å². The maximum absolute atomic E-state index is 12.0. The summed E-state index contributed by atoms with van der Waals surface area (Å²) in [5, 5.41) is 2.68. The number of anilines is 1. The highest BCUT2D eigenvalue weighted by molar-refractivity contribution is 9.10. The number of benzene rings is 1.